The normalized spacial score (nSPS) is 15.1. The number of H-pyrrole nitrogens is 2. The summed E-state index contributed by atoms with van der Waals surface area (Å²) in [5.41, 5.74) is -1.12. The van der Waals surface area contributed by atoms with Gasteiger partial charge in [0.2, 0.25) is 5.71 Å². The van der Waals surface area contributed by atoms with Gasteiger partial charge in [-0.3, -0.25) is 14.8 Å². The topological polar surface area (TPSA) is 95.9 Å². The van der Waals surface area contributed by atoms with Gasteiger partial charge in [0, 0.05) is 6.07 Å². The van der Waals surface area contributed by atoms with Crippen molar-refractivity contribution in [2.24, 2.45) is 5.92 Å². The Labute approximate surface area is 101 Å². The van der Waals surface area contributed by atoms with Crippen LogP contribution in [-0.2, 0) is 6.42 Å². The van der Waals surface area contributed by atoms with Gasteiger partial charge in [0.05, 0.1) is 0 Å². The number of nitrogens with one attached hydrogen (secondary N) is 2. The largest absolute Gasteiger partial charge is 0.405 e. The van der Waals surface area contributed by atoms with Gasteiger partial charge < -0.3 is 4.42 Å². The fourth-order valence-corrected chi connectivity index (χ4v) is 2.14. The minimum absolute atomic E-state index is 0.0398. The van der Waals surface area contributed by atoms with Crippen molar-refractivity contribution in [3.05, 3.63) is 42.9 Å². The van der Waals surface area contributed by atoms with Crippen LogP contribution in [0.15, 0.2) is 24.9 Å². The Balaban J connectivity index is 2.18. The van der Waals surface area contributed by atoms with Gasteiger partial charge in [-0.25, -0.2) is 9.59 Å². The maximum atomic E-state index is 11.8. The SMILES string of the molecule is O=c1[nH]c(=O)c2c(CCC3CC3)cc(=O)oc2[nH]1. The molecule has 2 aromatic rings. The predicted molar refractivity (Wildman–Crippen MR) is 64.8 cm³/mol. The average Bonchev–Trinajstić information content (AvgIpc) is 3.07. The zero-order valence-corrected chi connectivity index (χ0v) is 9.62. The van der Waals surface area contributed by atoms with Crippen molar-refractivity contribution in [1.82, 2.24) is 9.97 Å². The maximum absolute atomic E-state index is 11.8. The molecule has 0 bridgehead atoms. The van der Waals surface area contributed by atoms with E-state index in [-0.39, 0.29) is 11.1 Å². The third kappa shape index (κ3) is 2.01. The van der Waals surface area contributed by atoms with E-state index in [1.54, 1.807) is 0 Å². The Morgan fingerprint density at radius 2 is 2.00 bits per heavy atom. The summed E-state index contributed by atoms with van der Waals surface area (Å²) < 4.78 is 4.86. The van der Waals surface area contributed by atoms with Crippen LogP contribution in [0.25, 0.3) is 11.1 Å². The first-order valence-electron chi connectivity index (χ1n) is 5.93. The lowest BCUT2D eigenvalue weighted by molar-refractivity contribution is 0.543. The molecule has 0 saturated heterocycles. The van der Waals surface area contributed by atoms with Crippen molar-refractivity contribution < 1.29 is 4.42 Å². The summed E-state index contributed by atoms with van der Waals surface area (Å²) in [4.78, 5) is 38.8. The van der Waals surface area contributed by atoms with Crippen molar-refractivity contribution in [1.29, 1.82) is 0 Å². The van der Waals surface area contributed by atoms with Crippen LogP contribution in [0.3, 0.4) is 0 Å². The molecule has 0 aromatic carbocycles. The first kappa shape index (κ1) is 11.0. The summed E-state index contributed by atoms with van der Waals surface area (Å²) in [7, 11) is 0. The van der Waals surface area contributed by atoms with E-state index in [0.717, 1.165) is 6.42 Å². The first-order chi connectivity index (χ1) is 8.63. The highest BCUT2D eigenvalue weighted by molar-refractivity contribution is 5.75. The third-order valence-electron chi connectivity index (χ3n) is 3.24. The highest BCUT2D eigenvalue weighted by Crippen LogP contribution is 2.33. The van der Waals surface area contributed by atoms with Gasteiger partial charge in [-0.05, 0) is 24.3 Å². The highest BCUT2D eigenvalue weighted by Gasteiger charge is 2.21. The van der Waals surface area contributed by atoms with Crippen LogP contribution in [0.1, 0.15) is 24.8 Å². The zero-order valence-electron chi connectivity index (χ0n) is 9.62. The molecule has 6 nitrogen and oxygen atoms in total. The molecular weight excluding hydrogens is 236 g/mol. The van der Waals surface area contributed by atoms with Gasteiger partial charge >= 0.3 is 11.3 Å². The van der Waals surface area contributed by atoms with Gasteiger partial charge in [0.25, 0.3) is 5.56 Å². The molecule has 2 heterocycles. The fourth-order valence-electron chi connectivity index (χ4n) is 2.14. The number of aromatic nitrogens is 2. The van der Waals surface area contributed by atoms with Crippen LogP contribution >= 0.6 is 0 Å². The Morgan fingerprint density at radius 1 is 1.22 bits per heavy atom. The van der Waals surface area contributed by atoms with E-state index in [2.05, 4.69) is 9.97 Å². The second-order valence-electron chi connectivity index (χ2n) is 4.69. The summed E-state index contributed by atoms with van der Waals surface area (Å²) in [6.07, 6.45) is 4.04. The summed E-state index contributed by atoms with van der Waals surface area (Å²) in [6.45, 7) is 0. The number of aryl methyl sites for hydroxylation is 1. The van der Waals surface area contributed by atoms with Crippen molar-refractivity contribution in [2.45, 2.75) is 25.7 Å². The van der Waals surface area contributed by atoms with E-state index < -0.39 is 16.9 Å². The molecule has 0 spiro atoms. The molecule has 18 heavy (non-hydrogen) atoms. The second kappa shape index (κ2) is 3.97. The molecule has 6 heteroatoms. The van der Waals surface area contributed by atoms with Crippen molar-refractivity contribution in [2.75, 3.05) is 0 Å². The van der Waals surface area contributed by atoms with Crippen LogP contribution in [0.2, 0.25) is 0 Å². The third-order valence-corrected chi connectivity index (χ3v) is 3.24. The minimum Gasteiger partial charge on any atom is -0.405 e. The van der Waals surface area contributed by atoms with Gasteiger partial charge in [0.1, 0.15) is 5.39 Å². The van der Waals surface area contributed by atoms with Crippen LogP contribution in [0.5, 0.6) is 0 Å². The van der Waals surface area contributed by atoms with Crippen LogP contribution in [0, 0.1) is 5.92 Å². The van der Waals surface area contributed by atoms with Crippen LogP contribution < -0.4 is 16.9 Å². The molecule has 2 N–H and O–H groups in total. The number of hydrogen-bond acceptors (Lipinski definition) is 4. The molecule has 0 aliphatic heterocycles. The summed E-state index contributed by atoms with van der Waals surface area (Å²) in [6, 6.07) is 1.33. The molecule has 1 aliphatic carbocycles. The lowest BCUT2D eigenvalue weighted by Crippen LogP contribution is -2.24. The Morgan fingerprint density at radius 3 is 2.72 bits per heavy atom. The maximum Gasteiger partial charge on any atom is 0.337 e. The number of aromatic amines is 2. The predicted octanol–water partition coefficient (Wildman–Crippen LogP) is 0.512. The molecule has 0 atom stereocenters. The number of fused-ring (bicyclic) bond motifs is 1. The average molecular weight is 248 g/mol. The fraction of sp³-hybridized carbons (Fsp3) is 0.417. The molecule has 3 rings (SSSR count). The van der Waals surface area contributed by atoms with Gasteiger partial charge in [-0.1, -0.05) is 12.8 Å². The monoisotopic (exact) mass is 248 g/mol. The van der Waals surface area contributed by atoms with Gasteiger partial charge in [-0.2, -0.15) is 0 Å². The summed E-state index contributed by atoms with van der Waals surface area (Å²) >= 11 is 0. The molecule has 0 radical (unpaired) electrons. The Hall–Kier alpha value is -2.11. The van der Waals surface area contributed by atoms with Gasteiger partial charge in [0.15, 0.2) is 0 Å². The second-order valence-corrected chi connectivity index (χ2v) is 4.69. The summed E-state index contributed by atoms with van der Waals surface area (Å²) in [5, 5.41) is 0.273. The van der Waals surface area contributed by atoms with Crippen LogP contribution in [0.4, 0.5) is 0 Å². The molecular formula is C12H12N2O4. The van der Waals surface area contributed by atoms with Crippen molar-refractivity contribution in [3.63, 3.8) is 0 Å². The summed E-state index contributed by atoms with van der Waals surface area (Å²) in [5.74, 6) is 0.703. The molecule has 1 saturated carbocycles. The van der Waals surface area contributed by atoms with E-state index in [9.17, 15) is 14.4 Å². The molecule has 1 fully saturated rings. The lowest BCUT2D eigenvalue weighted by atomic mass is 10.1. The Bertz CT molecular complexity index is 759. The standard InChI is InChI=1S/C12H12N2O4/c15-8-5-7(4-3-6-1-2-6)9-10(16)13-12(17)14-11(9)18-8/h5-6H,1-4H2,(H2,13,14,16,17). The lowest BCUT2D eigenvalue weighted by Gasteiger charge is -2.03. The first-order valence-corrected chi connectivity index (χ1v) is 5.93. The van der Waals surface area contributed by atoms with Crippen molar-refractivity contribution >= 4 is 11.1 Å². The Kier molecular flexibility index (Phi) is 2.43. The van der Waals surface area contributed by atoms with Gasteiger partial charge in [-0.15, -0.1) is 0 Å². The molecule has 94 valence electrons. The number of hydrogen-bond donors (Lipinski definition) is 2. The van der Waals surface area contributed by atoms with E-state index >= 15 is 0 Å². The quantitative estimate of drug-likeness (QED) is 0.827. The molecule has 0 unspecified atom stereocenters. The zero-order chi connectivity index (χ0) is 12.7. The minimum atomic E-state index is -0.671. The van der Waals surface area contributed by atoms with Crippen molar-refractivity contribution in [3.8, 4) is 0 Å². The van der Waals surface area contributed by atoms with E-state index in [4.69, 9.17) is 4.42 Å². The van der Waals surface area contributed by atoms with E-state index in [1.165, 1.54) is 18.9 Å². The smallest absolute Gasteiger partial charge is 0.337 e. The van der Waals surface area contributed by atoms with E-state index in [1.807, 2.05) is 0 Å². The highest BCUT2D eigenvalue weighted by atomic mass is 16.4. The number of rotatable bonds is 3. The van der Waals surface area contributed by atoms with Crippen LogP contribution in [-0.4, -0.2) is 9.97 Å². The molecule has 1 aliphatic rings. The van der Waals surface area contributed by atoms with E-state index in [0.29, 0.717) is 17.9 Å². The molecule has 0 amide bonds. The molecule has 2 aromatic heterocycles.